The Morgan fingerprint density at radius 2 is 1.75 bits per heavy atom. The second-order valence-corrected chi connectivity index (χ2v) is 3.84. The van der Waals surface area contributed by atoms with Gasteiger partial charge in [0.05, 0.1) is 0 Å². The minimum absolute atomic E-state index is 0.312. The van der Waals surface area contributed by atoms with Gasteiger partial charge in [-0.2, -0.15) is 0 Å². The Balaban J connectivity index is 0. The topological polar surface area (TPSA) is 40.5 Å². The van der Waals surface area contributed by atoms with Crippen LogP contribution in [-0.4, -0.2) is 41.5 Å². The van der Waals surface area contributed by atoms with Crippen LogP contribution in [0.25, 0.3) is 0 Å². The number of hydrogen-bond acceptors (Lipinski definition) is 2. The number of carboxylic acids is 1. The van der Waals surface area contributed by atoms with Gasteiger partial charge in [0.15, 0.2) is 0 Å². The van der Waals surface area contributed by atoms with E-state index < -0.39 is 5.97 Å². The number of hydrogen-bond donors (Lipinski definition) is 1. The minimum atomic E-state index is -0.875. The summed E-state index contributed by atoms with van der Waals surface area (Å²) >= 11 is 5.00. The molecule has 0 saturated carbocycles. The van der Waals surface area contributed by atoms with Gasteiger partial charge in [-0.05, 0) is 32.5 Å². The normalized spacial score (nSPS) is 9.56. The predicted molar refractivity (Wildman–Crippen MR) is 70.2 cm³/mol. The maximum Gasteiger partial charge on any atom is 0.330 e. The highest BCUT2D eigenvalue weighted by molar-refractivity contribution is 6.17. The average Bonchev–Trinajstić information content (AvgIpc) is 2.25. The summed E-state index contributed by atoms with van der Waals surface area (Å²) in [6.45, 7) is 12.6. The van der Waals surface area contributed by atoms with Gasteiger partial charge in [0.2, 0.25) is 0 Å². The van der Waals surface area contributed by atoms with Crippen LogP contribution in [-0.2, 0) is 4.79 Å². The summed E-state index contributed by atoms with van der Waals surface area (Å²) in [6, 6.07) is 0. The largest absolute Gasteiger partial charge is 0.478 e. The molecule has 0 rings (SSSR count). The van der Waals surface area contributed by atoms with Crippen LogP contribution in [0.15, 0.2) is 12.2 Å². The fraction of sp³-hybridized carbons (Fsp3) is 0.750. The zero-order chi connectivity index (χ0) is 13.0. The fourth-order valence-electron chi connectivity index (χ4n) is 1.16. The Hall–Kier alpha value is -0.540. The molecule has 0 unspecified atom stereocenters. The highest BCUT2D eigenvalue weighted by atomic mass is 35.5. The van der Waals surface area contributed by atoms with Gasteiger partial charge in [0, 0.05) is 11.5 Å². The molecule has 0 heterocycles. The molecular weight excluding hydrogens is 226 g/mol. The summed E-state index contributed by atoms with van der Waals surface area (Å²) in [7, 11) is 0. The van der Waals surface area contributed by atoms with Crippen molar-refractivity contribution in [3.63, 3.8) is 0 Å². The van der Waals surface area contributed by atoms with Crippen LogP contribution in [0.2, 0.25) is 0 Å². The van der Waals surface area contributed by atoms with Crippen molar-refractivity contribution in [3.8, 4) is 0 Å². The Morgan fingerprint density at radius 1 is 1.31 bits per heavy atom. The lowest BCUT2D eigenvalue weighted by atomic mass is 10.1. The summed E-state index contributed by atoms with van der Waals surface area (Å²) in [6.07, 6.45) is 1.47. The number of nitrogens with zero attached hydrogens (tertiary/aromatic N) is 1. The molecule has 4 heteroatoms. The second kappa shape index (κ2) is 12.5. The van der Waals surface area contributed by atoms with E-state index in [0.29, 0.717) is 12.0 Å². The Kier molecular flexibility index (Phi) is 14.0. The van der Waals surface area contributed by atoms with Crippen LogP contribution >= 0.6 is 11.6 Å². The maximum atomic E-state index is 10.4. The Labute approximate surface area is 104 Å². The van der Waals surface area contributed by atoms with E-state index in [-0.39, 0.29) is 0 Å². The van der Waals surface area contributed by atoms with Crippen molar-refractivity contribution in [2.75, 3.05) is 25.5 Å². The third-order valence-electron chi connectivity index (χ3n) is 2.15. The first kappa shape index (κ1) is 17.8. The smallest absolute Gasteiger partial charge is 0.330 e. The lowest BCUT2D eigenvalue weighted by Gasteiger charge is -2.17. The first-order valence-electron chi connectivity index (χ1n) is 5.72. The SMILES string of the molecule is C=C(CCCN(CC)CC)C(=O)O.CCCl. The van der Waals surface area contributed by atoms with Crippen molar-refractivity contribution in [2.45, 2.75) is 33.6 Å². The number of halogens is 1. The van der Waals surface area contributed by atoms with E-state index >= 15 is 0 Å². The molecule has 0 aliphatic rings. The minimum Gasteiger partial charge on any atom is -0.478 e. The molecule has 0 spiro atoms. The number of carbonyl (C=O) groups is 1. The number of aliphatic carboxylic acids is 1. The zero-order valence-corrected chi connectivity index (χ0v) is 11.4. The van der Waals surface area contributed by atoms with E-state index in [0.717, 1.165) is 31.9 Å². The Bertz CT molecular complexity index is 191. The van der Waals surface area contributed by atoms with Gasteiger partial charge in [-0.15, -0.1) is 11.6 Å². The van der Waals surface area contributed by atoms with Crippen molar-refractivity contribution in [2.24, 2.45) is 0 Å². The molecule has 0 aliphatic carbocycles. The average molecular weight is 250 g/mol. The van der Waals surface area contributed by atoms with Crippen molar-refractivity contribution < 1.29 is 9.90 Å². The predicted octanol–water partition coefficient (Wildman–Crippen LogP) is 2.99. The molecule has 1 N–H and O–H groups in total. The van der Waals surface area contributed by atoms with Crippen LogP contribution in [0.1, 0.15) is 33.6 Å². The Morgan fingerprint density at radius 3 is 2.06 bits per heavy atom. The highest BCUT2D eigenvalue weighted by Gasteiger charge is 2.04. The molecule has 0 aliphatic heterocycles. The lowest BCUT2D eigenvalue weighted by Crippen LogP contribution is -2.24. The highest BCUT2D eigenvalue weighted by Crippen LogP contribution is 2.03. The first-order chi connectivity index (χ1) is 7.53. The van der Waals surface area contributed by atoms with E-state index in [1.165, 1.54) is 0 Å². The zero-order valence-electron chi connectivity index (χ0n) is 10.6. The van der Waals surface area contributed by atoms with E-state index in [2.05, 4.69) is 25.3 Å². The molecule has 3 nitrogen and oxygen atoms in total. The van der Waals surface area contributed by atoms with Crippen molar-refractivity contribution in [1.82, 2.24) is 4.90 Å². The maximum absolute atomic E-state index is 10.4. The fourth-order valence-corrected chi connectivity index (χ4v) is 1.16. The number of alkyl halides is 1. The molecule has 0 saturated heterocycles. The van der Waals surface area contributed by atoms with E-state index in [9.17, 15) is 4.79 Å². The third-order valence-corrected chi connectivity index (χ3v) is 2.15. The third kappa shape index (κ3) is 11.5. The second-order valence-electron chi connectivity index (χ2n) is 3.31. The lowest BCUT2D eigenvalue weighted by molar-refractivity contribution is -0.132. The molecule has 0 amide bonds. The summed E-state index contributed by atoms with van der Waals surface area (Å²) in [5.41, 5.74) is 0.312. The molecule has 0 bridgehead atoms. The van der Waals surface area contributed by atoms with Gasteiger partial charge in [-0.1, -0.05) is 27.4 Å². The summed E-state index contributed by atoms with van der Waals surface area (Å²) in [5.74, 6) is -0.153. The van der Waals surface area contributed by atoms with E-state index in [1.54, 1.807) is 0 Å². The standard InChI is InChI=1S/C10H19NO2.C2H5Cl/c1-4-11(5-2)8-6-7-9(3)10(12)13;1-2-3/h3-8H2,1-2H3,(H,12,13);2H2,1H3. The number of carboxylic acid groups (broad SMARTS) is 1. The molecule has 96 valence electrons. The first-order valence-corrected chi connectivity index (χ1v) is 6.26. The van der Waals surface area contributed by atoms with Crippen LogP contribution in [0.4, 0.5) is 0 Å². The van der Waals surface area contributed by atoms with Crippen LogP contribution in [0, 0.1) is 0 Å². The summed E-state index contributed by atoms with van der Waals surface area (Å²) < 4.78 is 0. The van der Waals surface area contributed by atoms with Crippen molar-refractivity contribution in [1.29, 1.82) is 0 Å². The quantitative estimate of drug-likeness (QED) is 0.557. The van der Waals surface area contributed by atoms with Gasteiger partial charge in [-0.25, -0.2) is 4.79 Å². The molecular formula is C12H24ClNO2. The van der Waals surface area contributed by atoms with Gasteiger partial charge in [0.25, 0.3) is 0 Å². The van der Waals surface area contributed by atoms with Gasteiger partial charge in [-0.3, -0.25) is 0 Å². The molecule has 0 aromatic carbocycles. The molecule has 16 heavy (non-hydrogen) atoms. The molecule has 0 aromatic heterocycles. The monoisotopic (exact) mass is 249 g/mol. The molecule has 0 radical (unpaired) electrons. The van der Waals surface area contributed by atoms with E-state index in [1.807, 2.05) is 6.92 Å². The number of rotatable bonds is 7. The summed E-state index contributed by atoms with van der Waals surface area (Å²) in [5, 5.41) is 8.55. The van der Waals surface area contributed by atoms with Crippen LogP contribution in [0.5, 0.6) is 0 Å². The van der Waals surface area contributed by atoms with E-state index in [4.69, 9.17) is 16.7 Å². The van der Waals surface area contributed by atoms with Gasteiger partial charge in [0.1, 0.15) is 0 Å². The van der Waals surface area contributed by atoms with Gasteiger partial charge < -0.3 is 10.0 Å². The van der Waals surface area contributed by atoms with Crippen molar-refractivity contribution >= 4 is 17.6 Å². The van der Waals surface area contributed by atoms with Crippen LogP contribution in [0.3, 0.4) is 0 Å². The molecule has 0 aromatic rings. The van der Waals surface area contributed by atoms with Crippen LogP contribution < -0.4 is 0 Å². The summed E-state index contributed by atoms with van der Waals surface area (Å²) in [4.78, 5) is 12.7. The van der Waals surface area contributed by atoms with Gasteiger partial charge >= 0.3 is 5.97 Å². The van der Waals surface area contributed by atoms with Crippen molar-refractivity contribution in [3.05, 3.63) is 12.2 Å². The molecule has 0 atom stereocenters. The molecule has 0 fully saturated rings.